The first-order valence-electron chi connectivity index (χ1n) is 10.8. The molecule has 0 aliphatic heterocycles. The number of unbranched alkanes of at least 4 members (excludes halogenated alkanes) is 3. The van der Waals surface area contributed by atoms with Gasteiger partial charge in [0.15, 0.2) is 11.5 Å². The highest BCUT2D eigenvalue weighted by molar-refractivity contribution is 5.90. The molecule has 0 atom stereocenters. The first-order chi connectivity index (χ1) is 16.3. The summed E-state index contributed by atoms with van der Waals surface area (Å²) in [5, 5.41) is 10.9. The minimum Gasteiger partial charge on any atom is -0.493 e. The molecule has 0 aliphatic carbocycles. The average Bonchev–Trinajstić information content (AvgIpc) is 2.83. The molecule has 0 unspecified atom stereocenters. The van der Waals surface area contributed by atoms with Gasteiger partial charge in [-0.05, 0) is 68.0 Å². The summed E-state index contributed by atoms with van der Waals surface area (Å²) in [5.41, 5.74) is 1.46. The second kappa shape index (κ2) is 13.6. The summed E-state index contributed by atoms with van der Waals surface area (Å²) in [6.45, 7) is 2.44. The minimum absolute atomic E-state index is 0.129. The van der Waals surface area contributed by atoms with Crippen molar-refractivity contribution in [1.82, 2.24) is 0 Å². The fourth-order valence-electron chi connectivity index (χ4n) is 3.11. The SMILES string of the molecule is COC(=O)/C=C/c1ccc(OCCCCCCOC(=O)c2cc(C)cc([N+](=O)[O-])c2)c(OC)c1. The largest absolute Gasteiger partial charge is 0.493 e. The molecule has 0 saturated heterocycles. The van der Waals surface area contributed by atoms with Crippen molar-refractivity contribution in [3.05, 3.63) is 69.3 Å². The fourth-order valence-corrected chi connectivity index (χ4v) is 3.11. The number of hydrogen-bond acceptors (Lipinski definition) is 8. The van der Waals surface area contributed by atoms with E-state index in [4.69, 9.17) is 14.2 Å². The lowest BCUT2D eigenvalue weighted by Crippen LogP contribution is -2.07. The van der Waals surface area contributed by atoms with Crippen LogP contribution in [0, 0.1) is 17.0 Å². The molecular weight excluding hydrogens is 442 g/mol. The molecule has 0 heterocycles. The Morgan fingerprint density at radius 2 is 1.71 bits per heavy atom. The molecular formula is C25H29NO8. The van der Waals surface area contributed by atoms with Crippen LogP contribution in [-0.2, 0) is 14.3 Å². The van der Waals surface area contributed by atoms with E-state index in [-0.39, 0.29) is 17.9 Å². The molecule has 2 aromatic carbocycles. The highest BCUT2D eigenvalue weighted by Gasteiger charge is 2.14. The van der Waals surface area contributed by atoms with Gasteiger partial charge in [-0.2, -0.15) is 0 Å². The first-order valence-corrected chi connectivity index (χ1v) is 10.8. The van der Waals surface area contributed by atoms with Gasteiger partial charge in [-0.1, -0.05) is 6.07 Å². The Labute approximate surface area is 198 Å². The number of nitro benzene ring substituents is 1. The summed E-state index contributed by atoms with van der Waals surface area (Å²) >= 11 is 0. The first kappa shape index (κ1) is 26.4. The van der Waals surface area contributed by atoms with Crippen molar-refractivity contribution in [3.63, 3.8) is 0 Å². The van der Waals surface area contributed by atoms with Crippen LogP contribution in [0.3, 0.4) is 0 Å². The molecule has 0 bridgehead atoms. The van der Waals surface area contributed by atoms with Gasteiger partial charge in [-0.15, -0.1) is 0 Å². The van der Waals surface area contributed by atoms with Crippen LogP contribution in [0.1, 0.15) is 47.2 Å². The number of benzene rings is 2. The molecule has 2 rings (SSSR count). The fraction of sp³-hybridized carbons (Fsp3) is 0.360. The van der Waals surface area contributed by atoms with Gasteiger partial charge in [0.05, 0.1) is 37.9 Å². The standard InChI is InChI=1S/C25H29NO8/c1-18-14-20(17-21(15-18)26(29)30)25(28)34-13-7-5-4-6-12-33-22-10-8-19(16-23(22)31-2)9-11-24(27)32-3/h8-11,14-17H,4-7,12-13H2,1-3H3/b11-9+. The van der Waals surface area contributed by atoms with Gasteiger partial charge in [0, 0.05) is 18.2 Å². The summed E-state index contributed by atoms with van der Waals surface area (Å²) < 4.78 is 21.0. The quantitative estimate of drug-likeness (QED) is 0.133. The van der Waals surface area contributed by atoms with Gasteiger partial charge >= 0.3 is 11.9 Å². The van der Waals surface area contributed by atoms with Gasteiger partial charge in [0.1, 0.15) is 0 Å². The second-order valence-corrected chi connectivity index (χ2v) is 7.48. The molecule has 0 aromatic heterocycles. The van der Waals surface area contributed by atoms with E-state index in [1.807, 2.05) is 6.07 Å². The minimum atomic E-state index is -0.563. The summed E-state index contributed by atoms with van der Waals surface area (Å²) in [4.78, 5) is 33.7. The Morgan fingerprint density at radius 1 is 0.971 bits per heavy atom. The number of aryl methyl sites for hydroxylation is 1. The van der Waals surface area contributed by atoms with Crippen LogP contribution in [0.5, 0.6) is 11.5 Å². The topological polar surface area (TPSA) is 114 Å². The van der Waals surface area contributed by atoms with Gasteiger partial charge in [0.2, 0.25) is 0 Å². The van der Waals surface area contributed by atoms with E-state index in [1.54, 1.807) is 38.3 Å². The molecule has 182 valence electrons. The predicted octanol–water partition coefficient (Wildman–Crippen LogP) is 4.89. The van der Waals surface area contributed by atoms with Gasteiger partial charge in [-0.3, -0.25) is 10.1 Å². The van der Waals surface area contributed by atoms with Crippen molar-refractivity contribution in [3.8, 4) is 11.5 Å². The number of carbonyl (C=O) groups excluding carboxylic acids is 2. The molecule has 9 nitrogen and oxygen atoms in total. The zero-order chi connectivity index (χ0) is 24.9. The van der Waals surface area contributed by atoms with Crippen molar-refractivity contribution in [1.29, 1.82) is 0 Å². The number of nitro groups is 1. The lowest BCUT2D eigenvalue weighted by atomic mass is 10.1. The van der Waals surface area contributed by atoms with E-state index >= 15 is 0 Å². The van der Waals surface area contributed by atoms with E-state index in [0.29, 0.717) is 30.1 Å². The van der Waals surface area contributed by atoms with E-state index in [1.165, 1.54) is 25.3 Å². The molecule has 34 heavy (non-hydrogen) atoms. The van der Waals surface area contributed by atoms with E-state index < -0.39 is 16.9 Å². The van der Waals surface area contributed by atoms with Crippen LogP contribution in [0.25, 0.3) is 6.08 Å². The summed E-state index contributed by atoms with van der Waals surface area (Å²) in [6, 6.07) is 9.57. The van der Waals surface area contributed by atoms with Crippen LogP contribution in [0.4, 0.5) is 5.69 Å². The van der Waals surface area contributed by atoms with Gasteiger partial charge in [0.25, 0.3) is 5.69 Å². The third kappa shape index (κ3) is 8.57. The number of rotatable bonds is 13. The van der Waals surface area contributed by atoms with Crippen molar-refractivity contribution in [2.45, 2.75) is 32.6 Å². The van der Waals surface area contributed by atoms with Crippen LogP contribution in [0.15, 0.2) is 42.5 Å². The second-order valence-electron chi connectivity index (χ2n) is 7.48. The predicted molar refractivity (Wildman–Crippen MR) is 126 cm³/mol. The average molecular weight is 472 g/mol. The Kier molecular flexibility index (Phi) is 10.6. The molecule has 0 radical (unpaired) electrons. The van der Waals surface area contributed by atoms with E-state index in [0.717, 1.165) is 24.8 Å². The number of methoxy groups -OCH3 is 2. The van der Waals surface area contributed by atoms with Crippen molar-refractivity contribution in [2.75, 3.05) is 27.4 Å². The van der Waals surface area contributed by atoms with Crippen molar-refractivity contribution in [2.24, 2.45) is 0 Å². The molecule has 0 amide bonds. The normalized spacial score (nSPS) is 10.7. The highest BCUT2D eigenvalue weighted by Crippen LogP contribution is 2.29. The molecule has 0 N–H and O–H groups in total. The Morgan fingerprint density at radius 3 is 2.38 bits per heavy atom. The number of carbonyl (C=O) groups is 2. The van der Waals surface area contributed by atoms with E-state index in [9.17, 15) is 19.7 Å². The smallest absolute Gasteiger partial charge is 0.338 e. The van der Waals surface area contributed by atoms with Crippen molar-refractivity contribution < 1.29 is 33.5 Å². The zero-order valence-corrected chi connectivity index (χ0v) is 19.6. The van der Waals surface area contributed by atoms with Gasteiger partial charge < -0.3 is 18.9 Å². The van der Waals surface area contributed by atoms with Gasteiger partial charge in [-0.25, -0.2) is 9.59 Å². The number of non-ortho nitro benzene ring substituents is 1. The molecule has 0 spiro atoms. The Bertz CT molecular complexity index is 1030. The monoisotopic (exact) mass is 471 g/mol. The summed E-state index contributed by atoms with van der Waals surface area (Å²) in [7, 11) is 2.87. The number of esters is 2. The molecule has 2 aromatic rings. The van der Waals surface area contributed by atoms with Crippen LogP contribution >= 0.6 is 0 Å². The van der Waals surface area contributed by atoms with Crippen LogP contribution in [0.2, 0.25) is 0 Å². The number of hydrogen-bond donors (Lipinski definition) is 0. The van der Waals surface area contributed by atoms with Crippen LogP contribution in [-0.4, -0.2) is 44.3 Å². The maximum atomic E-state index is 12.1. The zero-order valence-electron chi connectivity index (χ0n) is 19.6. The lowest BCUT2D eigenvalue weighted by molar-refractivity contribution is -0.384. The Hall–Kier alpha value is -3.88. The third-order valence-electron chi connectivity index (χ3n) is 4.84. The Balaban J connectivity index is 1.68. The molecule has 0 fully saturated rings. The molecule has 9 heteroatoms. The highest BCUT2D eigenvalue weighted by atomic mass is 16.6. The molecule has 0 aliphatic rings. The summed E-state index contributed by atoms with van der Waals surface area (Å²) in [5.74, 6) is 0.175. The van der Waals surface area contributed by atoms with E-state index in [2.05, 4.69) is 4.74 Å². The summed E-state index contributed by atoms with van der Waals surface area (Å²) in [6.07, 6.45) is 6.19. The van der Waals surface area contributed by atoms with Crippen molar-refractivity contribution >= 4 is 23.7 Å². The number of nitrogens with zero attached hydrogens (tertiary/aromatic N) is 1. The molecule has 0 saturated carbocycles. The third-order valence-corrected chi connectivity index (χ3v) is 4.84. The maximum Gasteiger partial charge on any atom is 0.338 e. The maximum absolute atomic E-state index is 12.1. The van der Waals surface area contributed by atoms with Crippen LogP contribution < -0.4 is 9.47 Å². The lowest BCUT2D eigenvalue weighted by Gasteiger charge is -2.11. The number of ether oxygens (including phenoxy) is 4.